The van der Waals surface area contributed by atoms with Crippen molar-refractivity contribution >= 4 is 34.2 Å². The summed E-state index contributed by atoms with van der Waals surface area (Å²) < 4.78 is 0. The summed E-state index contributed by atoms with van der Waals surface area (Å²) in [6.07, 6.45) is 1.15. The zero-order valence-electron chi connectivity index (χ0n) is 15.4. The van der Waals surface area contributed by atoms with E-state index in [0.29, 0.717) is 0 Å². The van der Waals surface area contributed by atoms with Gasteiger partial charge in [-0.25, -0.2) is 4.98 Å². The SMILES string of the molecule is c1ccc2c(c1)Sc1cc3ccccc3nc1N2CCCN1CCNCC1. The smallest absolute Gasteiger partial charge is 0.147 e. The molecule has 5 rings (SSSR count). The molecule has 0 atom stereocenters. The van der Waals surface area contributed by atoms with Gasteiger partial charge < -0.3 is 15.1 Å². The third-order valence-electron chi connectivity index (χ3n) is 5.37. The Bertz CT molecular complexity index is 952. The van der Waals surface area contributed by atoms with Crippen molar-refractivity contribution in [2.24, 2.45) is 0 Å². The van der Waals surface area contributed by atoms with E-state index in [9.17, 15) is 0 Å². The monoisotopic (exact) mass is 376 g/mol. The van der Waals surface area contributed by atoms with Crippen molar-refractivity contribution in [2.45, 2.75) is 16.2 Å². The fraction of sp³-hybridized carbons (Fsp3) is 0.318. The molecular weight excluding hydrogens is 352 g/mol. The summed E-state index contributed by atoms with van der Waals surface area (Å²) in [4.78, 5) is 12.6. The molecule has 1 fully saturated rings. The number of para-hydroxylation sites is 2. The number of benzene rings is 2. The first-order valence-corrected chi connectivity index (χ1v) is 10.6. The van der Waals surface area contributed by atoms with Crippen molar-refractivity contribution < 1.29 is 0 Å². The number of rotatable bonds is 4. The van der Waals surface area contributed by atoms with Crippen molar-refractivity contribution in [3.8, 4) is 0 Å². The summed E-state index contributed by atoms with van der Waals surface area (Å²) >= 11 is 1.84. The molecule has 1 saturated heterocycles. The van der Waals surface area contributed by atoms with Gasteiger partial charge in [0.2, 0.25) is 0 Å². The van der Waals surface area contributed by atoms with Crippen LogP contribution in [-0.4, -0.2) is 49.2 Å². The van der Waals surface area contributed by atoms with Crippen molar-refractivity contribution in [2.75, 3.05) is 44.2 Å². The third-order valence-corrected chi connectivity index (χ3v) is 6.45. The van der Waals surface area contributed by atoms with E-state index in [1.54, 1.807) is 0 Å². The summed E-state index contributed by atoms with van der Waals surface area (Å²) in [5.74, 6) is 1.11. The van der Waals surface area contributed by atoms with Gasteiger partial charge in [0, 0.05) is 43.0 Å². The molecule has 138 valence electrons. The van der Waals surface area contributed by atoms with Crippen LogP contribution in [0.5, 0.6) is 0 Å². The van der Waals surface area contributed by atoms with Crippen LogP contribution in [0.2, 0.25) is 0 Å². The van der Waals surface area contributed by atoms with Crippen LogP contribution in [0.1, 0.15) is 6.42 Å². The van der Waals surface area contributed by atoms with Crippen LogP contribution in [0.3, 0.4) is 0 Å². The van der Waals surface area contributed by atoms with E-state index < -0.39 is 0 Å². The zero-order valence-corrected chi connectivity index (χ0v) is 16.2. The maximum Gasteiger partial charge on any atom is 0.147 e. The van der Waals surface area contributed by atoms with Gasteiger partial charge in [0.05, 0.1) is 16.1 Å². The standard InChI is InChI=1S/C22H24N4S/c1-2-7-18-17(6-1)16-21-22(24-18)26(19-8-3-4-9-20(19)27-21)13-5-12-25-14-10-23-11-15-25/h1-4,6-9,16,23H,5,10-15H2. The van der Waals surface area contributed by atoms with Crippen LogP contribution in [-0.2, 0) is 0 Å². The Balaban J connectivity index is 1.45. The van der Waals surface area contributed by atoms with E-state index >= 15 is 0 Å². The third kappa shape index (κ3) is 3.43. The van der Waals surface area contributed by atoms with Gasteiger partial charge in [-0.15, -0.1) is 0 Å². The highest BCUT2D eigenvalue weighted by molar-refractivity contribution is 7.99. The van der Waals surface area contributed by atoms with Crippen LogP contribution in [0.4, 0.5) is 11.5 Å². The van der Waals surface area contributed by atoms with Crippen LogP contribution in [0.15, 0.2) is 64.4 Å². The minimum absolute atomic E-state index is 1.000. The number of hydrogen-bond donors (Lipinski definition) is 1. The molecule has 0 aliphatic carbocycles. The molecule has 5 heteroatoms. The molecule has 3 heterocycles. The Morgan fingerprint density at radius 2 is 1.74 bits per heavy atom. The Labute approximate surface area is 164 Å². The predicted molar refractivity (Wildman–Crippen MR) is 113 cm³/mol. The normalized spacial score (nSPS) is 17.0. The lowest BCUT2D eigenvalue weighted by atomic mass is 10.2. The van der Waals surface area contributed by atoms with Crippen LogP contribution < -0.4 is 10.2 Å². The number of anilines is 2. The van der Waals surface area contributed by atoms with E-state index in [2.05, 4.69) is 69.7 Å². The van der Waals surface area contributed by atoms with Crippen molar-refractivity contribution in [1.29, 1.82) is 0 Å². The number of piperazine rings is 1. The Morgan fingerprint density at radius 1 is 0.926 bits per heavy atom. The maximum atomic E-state index is 5.04. The lowest BCUT2D eigenvalue weighted by molar-refractivity contribution is 0.239. The quantitative estimate of drug-likeness (QED) is 0.740. The highest BCUT2D eigenvalue weighted by Crippen LogP contribution is 2.47. The van der Waals surface area contributed by atoms with Gasteiger partial charge in [0.15, 0.2) is 0 Å². The molecule has 4 nitrogen and oxygen atoms in total. The van der Waals surface area contributed by atoms with Gasteiger partial charge in [-0.3, -0.25) is 0 Å². The fourth-order valence-electron chi connectivity index (χ4n) is 3.97. The number of fused-ring (bicyclic) bond motifs is 3. The number of aromatic nitrogens is 1. The van der Waals surface area contributed by atoms with Gasteiger partial charge in [-0.2, -0.15) is 0 Å². The minimum Gasteiger partial charge on any atom is -0.324 e. The molecule has 0 amide bonds. The molecule has 0 spiro atoms. The molecule has 2 aliphatic rings. The van der Waals surface area contributed by atoms with E-state index in [0.717, 1.165) is 57.0 Å². The highest BCUT2D eigenvalue weighted by atomic mass is 32.2. The zero-order chi connectivity index (χ0) is 18.1. The number of nitrogens with one attached hydrogen (secondary N) is 1. The van der Waals surface area contributed by atoms with Crippen LogP contribution >= 0.6 is 11.8 Å². The molecule has 0 saturated carbocycles. The summed E-state index contributed by atoms with van der Waals surface area (Å²) in [5.41, 5.74) is 2.36. The average Bonchev–Trinajstić information content (AvgIpc) is 2.72. The second kappa shape index (κ2) is 7.50. The first kappa shape index (κ1) is 17.0. The van der Waals surface area contributed by atoms with E-state index in [1.807, 2.05) is 11.8 Å². The first-order valence-electron chi connectivity index (χ1n) is 9.76. The maximum absolute atomic E-state index is 5.04. The second-order valence-corrected chi connectivity index (χ2v) is 8.25. The first-order chi connectivity index (χ1) is 13.4. The van der Waals surface area contributed by atoms with Crippen molar-refractivity contribution in [3.05, 3.63) is 54.6 Å². The van der Waals surface area contributed by atoms with Crippen molar-refractivity contribution in [3.63, 3.8) is 0 Å². The lowest BCUT2D eigenvalue weighted by Crippen LogP contribution is -2.44. The minimum atomic E-state index is 1.000. The fourth-order valence-corrected chi connectivity index (χ4v) is 5.07. The lowest BCUT2D eigenvalue weighted by Gasteiger charge is -2.33. The number of pyridine rings is 1. The summed E-state index contributed by atoms with van der Waals surface area (Å²) in [6.45, 7) is 6.69. The number of nitrogens with zero attached hydrogens (tertiary/aromatic N) is 3. The topological polar surface area (TPSA) is 31.4 Å². The van der Waals surface area contributed by atoms with Gasteiger partial charge in [-0.05, 0) is 37.2 Å². The Morgan fingerprint density at radius 3 is 2.67 bits per heavy atom. The average molecular weight is 377 g/mol. The molecule has 0 bridgehead atoms. The molecule has 0 unspecified atom stereocenters. The van der Waals surface area contributed by atoms with Gasteiger partial charge in [0.25, 0.3) is 0 Å². The van der Waals surface area contributed by atoms with Crippen LogP contribution in [0, 0.1) is 0 Å². The number of hydrogen-bond acceptors (Lipinski definition) is 5. The Hall–Kier alpha value is -2.08. The molecule has 2 aliphatic heterocycles. The molecule has 2 aromatic carbocycles. The molecule has 1 N–H and O–H groups in total. The van der Waals surface area contributed by atoms with E-state index in [-0.39, 0.29) is 0 Å². The summed E-state index contributed by atoms with van der Waals surface area (Å²) in [5, 5.41) is 4.64. The molecule has 27 heavy (non-hydrogen) atoms. The molecular formula is C22H24N4S. The molecule has 0 radical (unpaired) electrons. The van der Waals surface area contributed by atoms with Crippen LogP contribution in [0.25, 0.3) is 10.9 Å². The summed E-state index contributed by atoms with van der Waals surface area (Å²) in [6, 6.07) is 19.4. The Kier molecular flexibility index (Phi) is 4.74. The highest BCUT2D eigenvalue weighted by Gasteiger charge is 2.25. The van der Waals surface area contributed by atoms with E-state index in [1.165, 1.54) is 20.9 Å². The van der Waals surface area contributed by atoms with Gasteiger partial charge in [0.1, 0.15) is 5.82 Å². The molecule has 1 aromatic heterocycles. The largest absolute Gasteiger partial charge is 0.324 e. The molecule has 3 aromatic rings. The second-order valence-electron chi connectivity index (χ2n) is 7.17. The van der Waals surface area contributed by atoms with Crippen molar-refractivity contribution in [1.82, 2.24) is 15.2 Å². The summed E-state index contributed by atoms with van der Waals surface area (Å²) in [7, 11) is 0. The predicted octanol–water partition coefficient (Wildman–Crippen LogP) is 4.13. The van der Waals surface area contributed by atoms with Gasteiger partial charge in [-0.1, -0.05) is 42.1 Å². The van der Waals surface area contributed by atoms with Gasteiger partial charge >= 0.3 is 0 Å². The van der Waals surface area contributed by atoms with E-state index in [4.69, 9.17) is 4.98 Å².